The van der Waals surface area contributed by atoms with E-state index in [1.165, 1.54) is 0 Å². The molecule has 0 aromatic carbocycles. The molecule has 20 heavy (non-hydrogen) atoms. The molecule has 1 aliphatic carbocycles. The molecule has 2 atom stereocenters. The Morgan fingerprint density at radius 1 is 1.45 bits per heavy atom. The van der Waals surface area contributed by atoms with Crippen LogP contribution in [0.3, 0.4) is 0 Å². The first-order chi connectivity index (χ1) is 9.63. The first kappa shape index (κ1) is 15.3. The average Bonchev–Trinajstić information content (AvgIpc) is 3.27. The first-order valence-corrected chi connectivity index (χ1v) is 7.57. The van der Waals surface area contributed by atoms with Crippen LogP contribution in [0.15, 0.2) is 0 Å². The maximum Gasteiger partial charge on any atom is 0.245 e. The largest absolute Gasteiger partial charge is 0.377 e. The molecule has 1 saturated carbocycles. The standard InChI is InChI=1S/C14H25N3O3/c1-2-3-4-11(15)14(19)17-7-8-20-9-12(17)13(18)16-10-5-6-10/h10-12H,2-9,15H2,1H3,(H,16,18)/t11-,12?/m0/s1. The van der Waals surface area contributed by atoms with E-state index in [-0.39, 0.29) is 24.5 Å². The second-order valence-corrected chi connectivity index (χ2v) is 5.65. The van der Waals surface area contributed by atoms with E-state index in [4.69, 9.17) is 10.5 Å². The summed E-state index contributed by atoms with van der Waals surface area (Å²) in [5, 5.41) is 2.94. The van der Waals surface area contributed by atoms with E-state index in [2.05, 4.69) is 12.2 Å². The molecule has 0 spiro atoms. The van der Waals surface area contributed by atoms with Crippen LogP contribution < -0.4 is 11.1 Å². The van der Waals surface area contributed by atoms with Crippen molar-refractivity contribution >= 4 is 11.8 Å². The van der Waals surface area contributed by atoms with E-state index in [1.54, 1.807) is 4.90 Å². The van der Waals surface area contributed by atoms with Gasteiger partial charge in [-0.3, -0.25) is 9.59 Å². The minimum atomic E-state index is -0.524. The molecule has 2 rings (SSSR count). The zero-order chi connectivity index (χ0) is 14.5. The normalized spacial score (nSPS) is 24.3. The number of unbranched alkanes of at least 4 members (excludes halogenated alkanes) is 1. The lowest BCUT2D eigenvalue weighted by molar-refractivity contribution is -0.149. The lowest BCUT2D eigenvalue weighted by Crippen LogP contribution is -2.59. The number of morpholine rings is 1. The summed E-state index contributed by atoms with van der Waals surface area (Å²) in [6.07, 6.45) is 4.67. The molecule has 0 radical (unpaired) electrons. The number of rotatable bonds is 6. The van der Waals surface area contributed by atoms with Gasteiger partial charge in [0, 0.05) is 12.6 Å². The number of ether oxygens (including phenoxy) is 1. The number of nitrogens with zero attached hydrogens (tertiary/aromatic N) is 1. The van der Waals surface area contributed by atoms with Gasteiger partial charge in [0.15, 0.2) is 0 Å². The van der Waals surface area contributed by atoms with Crippen molar-refractivity contribution in [2.45, 2.75) is 57.2 Å². The molecule has 2 aliphatic rings. The van der Waals surface area contributed by atoms with Crippen LogP contribution in [0.1, 0.15) is 39.0 Å². The molecule has 1 saturated heterocycles. The summed E-state index contributed by atoms with van der Waals surface area (Å²) >= 11 is 0. The Balaban J connectivity index is 1.94. The Labute approximate surface area is 120 Å². The zero-order valence-electron chi connectivity index (χ0n) is 12.1. The van der Waals surface area contributed by atoms with Crippen LogP contribution in [-0.2, 0) is 14.3 Å². The highest BCUT2D eigenvalue weighted by atomic mass is 16.5. The van der Waals surface area contributed by atoms with Crippen molar-refractivity contribution in [1.29, 1.82) is 0 Å². The molecule has 114 valence electrons. The quantitative estimate of drug-likeness (QED) is 0.719. The number of hydrogen-bond acceptors (Lipinski definition) is 4. The molecule has 1 aliphatic heterocycles. The van der Waals surface area contributed by atoms with E-state index in [0.29, 0.717) is 19.6 Å². The van der Waals surface area contributed by atoms with Gasteiger partial charge >= 0.3 is 0 Å². The van der Waals surface area contributed by atoms with Crippen LogP contribution in [0.5, 0.6) is 0 Å². The molecule has 2 amide bonds. The summed E-state index contributed by atoms with van der Waals surface area (Å²) in [4.78, 5) is 26.2. The summed E-state index contributed by atoms with van der Waals surface area (Å²) < 4.78 is 5.35. The van der Waals surface area contributed by atoms with Crippen LogP contribution in [0.4, 0.5) is 0 Å². The van der Waals surface area contributed by atoms with Crippen LogP contribution in [0, 0.1) is 0 Å². The van der Waals surface area contributed by atoms with Crippen molar-refractivity contribution in [3.8, 4) is 0 Å². The SMILES string of the molecule is CCCC[C@H](N)C(=O)N1CCOCC1C(=O)NC1CC1. The van der Waals surface area contributed by atoms with Crippen molar-refractivity contribution in [1.82, 2.24) is 10.2 Å². The van der Waals surface area contributed by atoms with Gasteiger partial charge in [-0.25, -0.2) is 0 Å². The maximum absolute atomic E-state index is 12.4. The lowest BCUT2D eigenvalue weighted by Gasteiger charge is -2.36. The van der Waals surface area contributed by atoms with Crippen molar-refractivity contribution in [3.05, 3.63) is 0 Å². The van der Waals surface area contributed by atoms with Crippen molar-refractivity contribution in [3.63, 3.8) is 0 Å². The molecule has 0 aromatic heterocycles. The van der Waals surface area contributed by atoms with Gasteiger partial charge < -0.3 is 20.7 Å². The Kier molecular flexibility index (Phi) is 5.37. The minimum absolute atomic E-state index is 0.108. The highest BCUT2D eigenvalue weighted by Crippen LogP contribution is 2.20. The van der Waals surface area contributed by atoms with Crippen molar-refractivity contribution in [2.24, 2.45) is 5.73 Å². The van der Waals surface area contributed by atoms with Gasteiger partial charge in [-0.15, -0.1) is 0 Å². The van der Waals surface area contributed by atoms with Crippen molar-refractivity contribution < 1.29 is 14.3 Å². The van der Waals surface area contributed by atoms with E-state index in [9.17, 15) is 9.59 Å². The fourth-order valence-corrected chi connectivity index (χ4v) is 2.37. The van der Waals surface area contributed by atoms with Gasteiger partial charge in [-0.2, -0.15) is 0 Å². The molecule has 0 aromatic rings. The fraction of sp³-hybridized carbons (Fsp3) is 0.857. The summed E-state index contributed by atoms with van der Waals surface area (Å²) in [6.45, 7) is 3.25. The number of nitrogens with one attached hydrogen (secondary N) is 1. The van der Waals surface area contributed by atoms with Crippen LogP contribution in [0.25, 0.3) is 0 Å². The van der Waals surface area contributed by atoms with Gasteiger partial charge in [-0.1, -0.05) is 19.8 Å². The second kappa shape index (κ2) is 7.04. The third-order valence-corrected chi connectivity index (χ3v) is 3.82. The predicted octanol–water partition coefficient (Wildman–Crippen LogP) is 0.00990. The van der Waals surface area contributed by atoms with Crippen LogP contribution in [-0.4, -0.2) is 54.6 Å². The zero-order valence-corrected chi connectivity index (χ0v) is 12.1. The Morgan fingerprint density at radius 2 is 2.20 bits per heavy atom. The Morgan fingerprint density at radius 3 is 2.85 bits per heavy atom. The van der Waals surface area contributed by atoms with Gasteiger partial charge in [0.25, 0.3) is 0 Å². The monoisotopic (exact) mass is 283 g/mol. The summed E-state index contributed by atoms with van der Waals surface area (Å²) in [5.41, 5.74) is 5.95. The van der Waals surface area contributed by atoms with E-state index in [0.717, 1.165) is 25.7 Å². The summed E-state index contributed by atoms with van der Waals surface area (Å²) in [5.74, 6) is -0.235. The topological polar surface area (TPSA) is 84.7 Å². The molecular formula is C14H25N3O3. The maximum atomic E-state index is 12.4. The lowest BCUT2D eigenvalue weighted by atomic mass is 10.1. The molecule has 2 fully saturated rings. The number of amides is 2. The van der Waals surface area contributed by atoms with E-state index >= 15 is 0 Å². The fourth-order valence-electron chi connectivity index (χ4n) is 2.37. The smallest absolute Gasteiger partial charge is 0.245 e. The first-order valence-electron chi connectivity index (χ1n) is 7.57. The van der Waals surface area contributed by atoms with Crippen LogP contribution in [0.2, 0.25) is 0 Å². The number of hydrogen-bond donors (Lipinski definition) is 2. The van der Waals surface area contributed by atoms with Gasteiger partial charge in [0.1, 0.15) is 6.04 Å². The molecule has 0 bridgehead atoms. The van der Waals surface area contributed by atoms with E-state index in [1.807, 2.05) is 0 Å². The third kappa shape index (κ3) is 3.93. The Hall–Kier alpha value is -1.14. The van der Waals surface area contributed by atoms with Crippen molar-refractivity contribution in [2.75, 3.05) is 19.8 Å². The highest BCUT2D eigenvalue weighted by Gasteiger charge is 2.36. The third-order valence-electron chi connectivity index (χ3n) is 3.82. The van der Waals surface area contributed by atoms with Gasteiger partial charge in [0.2, 0.25) is 11.8 Å². The highest BCUT2D eigenvalue weighted by molar-refractivity contribution is 5.90. The molecule has 3 N–H and O–H groups in total. The number of nitrogens with two attached hydrogens (primary N) is 1. The van der Waals surface area contributed by atoms with Gasteiger partial charge in [0.05, 0.1) is 19.3 Å². The predicted molar refractivity (Wildman–Crippen MR) is 75.0 cm³/mol. The van der Waals surface area contributed by atoms with Crippen LogP contribution >= 0.6 is 0 Å². The van der Waals surface area contributed by atoms with E-state index < -0.39 is 12.1 Å². The number of carbonyl (C=O) groups excluding carboxylic acids is 2. The number of carbonyl (C=O) groups is 2. The Bertz CT molecular complexity index is 358. The molecule has 6 heteroatoms. The van der Waals surface area contributed by atoms with Gasteiger partial charge in [-0.05, 0) is 19.3 Å². The summed E-state index contributed by atoms with van der Waals surface area (Å²) in [6, 6.07) is -0.746. The minimum Gasteiger partial charge on any atom is -0.377 e. The molecule has 6 nitrogen and oxygen atoms in total. The summed E-state index contributed by atoms with van der Waals surface area (Å²) in [7, 11) is 0. The molecular weight excluding hydrogens is 258 g/mol. The second-order valence-electron chi connectivity index (χ2n) is 5.65. The average molecular weight is 283 g/mol. The molecule has 1 heterocycles. The molecule has 1 unspecified atom stereocenters.